The maximum absolute atomic E-state index is 12.6. The number of nitrogens with one attached hydrogen (secondary N) is 2. The van der Waals surface area contributed by atoms with Crippen molar-refractivity contribution in [1.82, 2.24) is 0 Å². The molecule has 28 heavy (non-hydrogen) atoms. The molecule has 4 rings (SSSR count). The van der Waals surface area contributed by atoms with Gasteiger partial charge in [0.1, 0.15) is 5.75 Å². The van der Waals surface area contributed by atoms with Gasteiger partial charge in [-0.15, -0.1) is 0 Å². The average molecular weight is 394 g/mol. The second-order valence-electron chi connectivity index (χ2n) is 6.72. The molecule has 0 saturated carbocycles. The number of aryl methyl sites for hydroxylation is 1. The Morgan fingerprint density at radius 1 is 0.929 bits per heavy atom. The van der Waals surface area contributed by atoms with Gasteiger partial charge >= 0.3 is 0 Å². The van der Waals surface area contributed by atoms with Crippen molar-refractivity contribution in [1.29, 1.82) is 0 Å². The third-order valence-corrected chi connectivity index (χ3v) is 4.93. The second kappa shape index (κ2) is 6.69. The van der Waals surface area contributed by atoms with Crippen LogP contribution in [-0.4, -0.2) is 20.6 Å². The van der Waals surface area contributed by atoms with Crippen LogP contribution in [0.1, 0.15) is 15.9 Å². The molecule has 0 aromatic heterocycles. The molecule has 7 heteroatoms. The predicted molar refractivity (Wildman–Crippen MR) is 110 cm³/mol. The van der Waals surface area contributed by atoms with Gasteiger partial charge in [-0.05, 0) is 54.4 Å². The highest BCUT2D eigenvalue weighted by atomic mass is 32.2. The fraction of sp³-hybridized carbons (Fsp3) is 0.0952. The van der Waals surface area contributed by atoms with E-state index in [9.17, 15) is 13.2 Å². The number of carbonyl (C=O) groups excluding carboxylic acids is 1. The summed E-state index contributed by atoms with van der Waals surface area (Å²) in [5.74, 6) is 0.821. The Kier molecular flexibility index (Phi) is 4.31. The van der Waals surface area contributed by atoms with Crippen molar-refractivity contribution in [2.24, 2.45) is 0 Å². The number of ether oxygens (including phenoxy) is 1. The van der Waals surface area contributed by atoms with Crippen LogP contribution in [0.15, 0.2) is 60.7 Å². The lowest BCUT2D eigenvalue weighted by Crippen LogP contribution is -2.10. The van der Waals surface area contributed by atoms with Crippen LogP contribution in [0.2, 0.25) is 0 Å². The third-order valence-electron chi connectivity index (χ3n) is 4.33. The number of amides is 1. The number of fused-ring (bicyclic) bond motifs is 2. The number of sulfonamides is 1. The Labute approximate surface area is 163 Å². The maximum atomic E-state index is 12.6. The molecule has 0 saturated heterocycles. The van der Waals surface area contributed by atoms with Crippen LogP contribution in [0.5, 0.6) is 11.5 Å². The molecule has 1 aliphatic heterocycles. The van der Waals surface area contributed by atoms with Crippen LogP contribution in [0, 0.1) is 6.92 Å². The molecule has 0 fully saturated rings. The van der Waals surface area contributed by atoms with Crippen molar-refractivity contribution in [2.45, 2.75) is 6.92 Å². The number of hydrogen-bond donors (Lipinski definition) is 2. The minimum Gasteiger partial charge on any atom is -0.454 e. The normalized spacial score (nSPS) is 12.9. The first-order valence-corrected chi connectivity index (χ1v) is 10.5. The SMILES string of the molecule is Cc1ccc2c(c1)C(=O)Nc1cc(-c3cccc(NS(C)(=O)=O)c3)ccc1O2. The van der Waals surface area contributed by atoms with Crippen LogP contribution < -0.4 is 14.8 Å². The molecule has 0 aliphatic carbocycles. The van der Waals surface area contributed by atoms with Gasteiger partial charge in [0.25, 0.3) is 5.91 Å². The summed E-state index contributed by atoms with van der Waals surface area (Å²) in [5, 5.41) is 2.89. The average Bonchev–Trinajstić information content (AvgIpc) is 2.76. The zero-order valence-corrected chi connectivity index (χ0v) is 16.1. The fourth-order valence-corrected chi connectivity index (χ4v) is 3.65. The van der Waals surface area contributed by atoms with E-state index < -0.39 is 10.0 Å². The lowest BCUT2D eigenvalue weighted by molar-refractivity contribution is 0.102. The summed E-state index contributed by atoms with van der Waals surface area (Å²) in [7, 11) is -3.36. The molecule has 0 bridgehead atoms. The monoisotopic (exact) mass is 394 g/mol. The molecule has 6 nitrogen and oxygen atoms in total. The quantitative estimate of drug-likeness (QED) is 0.690. The van der Waals surface area contributed by atoms with Crippen molar-refractivity contribution >= 4 is 27.3 Å². The van der Waals surface area contributed by atoms with Crippen LogP contribution in [0.25, 0.3) is 11.1 Å². The molecule has 0 atom stereocenters. The largest absolute Gasteiger partial charge is 0.454 e. The summed E-state index contributed by atoms with van der Waals surface area (Å²) >= 11 is 0. The van der Waals surface area contributed by atoms with Gasteiger partial charge < -0.3 is 10.1 Å². The smallest absolute Gasteiger partial charge is 0.259 e. The standard InChI is InChI=1S/C21H18N2O4S/c1-13-6-8-19-17(10-13)21(24)22-18-12-15(7-9-20(18)27-19)14-4-3-5-16(11-14)23-28(2,25)26/h3-12,23H,1-2H3,(H,22,24). The van der Waals surface area contributed by atoms with E-state index in [4.69, 9.17) is 4.74 Å². The van der Waals surface area contributed by atoms with Gasteiger partial charge in [0.15, 0.2) is 5.75 Å². The van der Waals surface area contributed by atoms with Gasteiger partial charge in [-0.25, -0.2) is 8.42 Å². The summed E-state index contributed by atoms with van der Waals surface area (Å²) in [6.07, 6.45) is 1.11. The van der Waals surface area contributed by atoms with Crippen LogP contribution in [0.4, 0.5) is 11.4 Å². The first kappa shape index (κ1) is 18.1. The van der Waals surface area contributed by atoms with Gasteiger partial charge in [-0.3, -0.25) is 9.52 Å². The van der Waals surface area contributed by atoms with Crippen LogP contribution in [0.3, 0.4) is 0 Å². The Bertz CT molecular complexity index is 1200. The first-order chi connectivity index (χ1) is 13.3. The topological polar surface area (TPSA) is 84.5 Å². The van der Waals surface area contributed by atoms with Crippen molar-refractivity contribution in [3.05, 3.63) is 71.8 Å². The summed E-state index contributed by atoms with van der Waals surface area (Å²) < 4.78 is 31.3. The highest BCUT2D eigenvalue weighted by molar-refractivity contribution is 7.92. The summed E-state index contributed by atoms with van der Waals surface area (Å²) in [6, 6.07) is 18.0. The zero-order valence-electron chi connectivity index (χ0n) is 15.3. The zero-order chi connectivity index (χ0) is 19.9. The molecule has 142 valence electrons. The van der Waals surface area contributed by atoms with Crippen molar-refractivity contribution in [3.8, 4) is 22.6 Å². The minimum atomic E-state index is -3.36. The summed E-state index contributed by atoms with van der Waals surface area (Å²) in [6.45, 7) is 1.92. The van der Waals surface area contributed by atoms with Crippen molar-refractivity contribution in [2.75, 3.05) is 16.3 Å². The van der Waals surface area contributed by atoms with Gasteiger partial charge in [0, 0.05) is 5.69 Å². The Balaban J connectivity index is 1.71. The molecule has 1 amide bonds. The molecular weight excluding hydrogens is 376 g/mol. The van der Waals surface area contributed by atoms with E-state index in [1.165, 1.54) is 0 Å². The maximum Gasteiger partial charge on any atom is 0.259 e. The first-order valence-electron chi connectivity index (χ1n) is 8.61. The van der Waals surface area contributed by atoms with Gasteiger partial charge in [0.2, 0.25) is 10.0 Å². The van der Waals surface area contributed by atoms with Gasteiger partial charge in [0.05, 0.1) is 17.5 Å². The number of anilines is 2. The molecule has 0 spiro atoms. The lowest BCUT2D eigenvalue weighted by Gasteiger charge is -2.11. The predicted octanol–water partition coefficient (Wildman–Crippen LogP) is 4.39. The Hall–Kier alpha value is -3.32. The van der Waals surface area contributed by atoms with E-state index in [-0.39, 0.29) is 5.91 Å². The number of hydrogen-bond acceptors (Lipinski definition) is 4. The van der Waals surface area contributed by atoms with E-state index in [1.54, 1.807) is 36.4 Å². The van der Waals surface area contributed by atoms with Crippen LogP contribution in [-0.2, 0) is 10.0 Å². The van der Waals surface area contributed by atoms with E-state index >= 15 is 0 Å². The van der Waals surface area contributed by atoms with E-state index in [2.05, 4.69) is 10.0 Å². The highest BCUT2D eigenvalue weighted by Gasteiger charge is 2.21. The fourth-order valence-electron chi connectivity index (χ4n) is 3.09. The van der Waals surface area contributed by atoms with Crippen LogP contribution >= 0.6 is 0 Å². The van der Waals surface area contributed by atoms with Gasteiger partial charge in [-0.1, -0.05) is 29.8 Å². The molecular formula is C21H18N2O4S. The molecule has 0 radical (unpaired) electrons. The molecule has 3 aromatic carbocycles. The molecule has 3 aromatic rings. The summed E-state index contributed by atoms with van der Waals surface area (Å²) in [5.41, 5.74) is 4.11. The van der Waals surface area contributed by atoms with Crippen molar-refractivity contribution < 1.29 is 17.9 Å². The third kappa shape index (κ3) is 3.70. The van der Waals surface area contributed by atoms with E-state index in [0.717, 1.165) is 22.9 Å². The Morgan fingerprint density at radius 2 is 1.68 bits per heavy atom. The van der Waals surface area contributed by atoms with Gasteiger partial charge in [-0.2, -0.15) is 0 Å². The van der Waals surface area contributed by atoms with E-state index in [1.807, 2.05) is 31.2 Å². The summed E-state index contributed by atoms with van der Waals surface area (Å²) in [4.78, 5) is 12.6. The highest BCUT2D eigenvalue weighted by Crippen LogP contribution is 2.38. The Morgan fingerprint density at radius 3 is 2.46 bits per heavy atom. The molecule has 2 N–H and O–H groups in total. The lowest BCUT2D eigenvalue weighted by atomic mass is 10.0. The number of rotatable bonds is 3. The molecule has 1 aliphatic rings. The number of carbonyl (C=O) groups is 1. The molecule has 1 heterocycles. The van der Waals surface area contributed by atoms with E-state index in [0.29, 0.717) is 28.4 Å². The van der Waals surface area contributed by atoms with Crippen molar-refractivity contribution in [3.63, 3.8) is 0 Å². The minimum absolute atomic E-state index is 0.234. The number of benzene rings is 3. The molecule has 0 unspecified atom stereocenters. The second-order valence-corrected chi connectivity index (χ2v) is 8.47.